The number of ether oxygens (including phenoxy) is 1. The quantitative estimate of drug-likeness (QED) is 0.655. The van der Waals surface area contributed by atoms with Gasteiger partial charge in [-0.25, -0.2) is 9.97 Å². The molecule has 0 spiro atoms. The largest absolute Gasteiger partial charge is 0.494 e. The van der Waals surface area contributed by atoms with Crippen molar-refractivity contribution in [1.82, 2.24) is 15.3 Å². The van der Waals surface area contributed by atoms with Gasteiger partial charge in [-0.3, -0.25) is 0 Å². The van der Waals surface area contributed by atoms with E-state index in [1.54, 1.807) is 19.5 Å². The average Bonchev–Trinajstić information content (AvgIpc) is 2.30. The Kier molecular flexibility index (Phi) is 5.47. The first kappa shape index (κ1) is 11.7. The Morgan fingerprint density at radius 2 is 1.93 bits per heavy atom. The van der Waals surface area contributed by atoms with Crippen LogP contribution in [0.3, 0.4) is 0 Å². The van der Waals surface area contributed by atoms with Gasteiger partial charge >= 0.3 is 0 Å². The summed E-state index contributed by atoms with van der Waals surface area (Å²) in [5.41, 5.74) is 0. The van der Waals surface area contributed by atoms with E-state index in [9.17, 15) is 0 Å². The molecule has 1 heterocycles. The lowest BCUT2D eigenvalue weighted by Gasteiger charge is -2.05. The number of rotatable bonds is 7. The molecule has 15 heavy (non-hydrogen) atoms. The molecule has 0 amide bonds. The Morgan fingerprint density at radius 1 is 1.20 bits per heavy atom. The minimum Gasteiger partial charge on any atom is -0.494 e. The van der Waals surface area contributed by atoms with Gasteiger partial charge in [-0.05, 0) is 13.0 Å². The van der Waals surface area contributed by atoms with E-state index in [0.29, 0.717) is 11.7 Å². The van der Waals surface area contributed by atoms with Crippen molar-refractivity contribution in [3.05, 3.63) is 12.4 Å². The second-order valence-corrected chi connectivity index (χ2v) is 3.12. The first-order valence-corrected chi connectivity index (χ1v) is 5.17. The SMILES string of the molecule is CCCNCCNc1ncc(OC)cn1. The van der Waals surface area contributed by atoms with Crippen LogP contribution in [-0.2, 0) is 0 Å². The molecule has 1 rings (SSSR count). The standard InChI is InChI=1S/C10H18N4O/c1-3-4-11-5-6-12-10-13-7-9(15-2)8-14-10/h7-8,11H,3-6H2,1-2H3,(H,12,13,14). The molecule has 0 aliphatic carbocycles. The highest BCUT2D eigenvalue weighted by atomic mass is 16.5. The molecule has 0 bridgehead atoms. The molecule has 5 nitrogen and oxygen atoms in total. The normalized spacial score (nSPS) is 10.0. The lowest BCUT2D eigenvalue weighted by Crippen LogP contribution is -2.23. The smallest absolute Gasteiger partial charge is 0.222 e. The minimum absolute atomic E-state index is 0.633. The van der Waals surface area contributed by atoms with E-state index in [0.717, 1.165) is 26.1 Å². The highest BCUT2D eigenvalue weighted by Crippen LogP contribution is 2.06. The van der Waals surface area contributed by atoms with Crippen LogP contribution < -0.4 is 15.4 Å². The molecule has 0 aliphatic rings. The zero-order chi connectivity index (χ0) is 10.9. The highest BCUT2D eigenvalue weighted by molar-refractivity contribution is 5.26. The van der Waals surface area contributed by atoms with Gasteiger partial charge in [-0.15, -0.1) is 0 Å². The predicted molar refractivity (Wildman–Crippen MR) is 60.2 cm³/mol. The Labute approximate surface area is 90.3 Å². The van der Waals surface area contributed by atoms with Crippen LogP contribution >= 0.6 is 0 Å². The number of hydrogen-bond donors (Lipinski definition) is 2. The Hall–Kier alpha value is -1.36. The van der Waals surface area contributed by atoms with Crippen molar-refractivity contribution in [3.8, 4) is 5.75 Å². The first-order chi connectivity index (χ1) is 7.36. The summed E-state index contributed by atoms with van der Waals surface area (Å²) in [6.07, 6.45) is 4.45. The summed E-state index contributed by atoms with van der Waals surface area (Å²) in [4.78, 5) is 8.18. The summed E-state index contributed by atoms with van der Waals surface area (Å²) < 4.78 is 4.96. The summed E-state index contributed by atoms with van der Waals surface area (Å²) in [6.45, 7) is 4.94. The van der Waals surface area contributed by atoms with E-state index in [4.69, 9.17) is 4.74 Å². The maximum atomic E-state index is 4.96. The number of aromatic nitrogens is 2. The second kappa shape index (κ2) is 7.00. The minimum atomic E-state index is 0.633. The molecule has 84 valence electrons. The highest BCUT2D eigenvalue weighted by Gasteiger charge is 1.95. The molecular weight excluding hydrogens is 192 g/mol. The number of nitrogens with zero attached hydrogens (tertiary/aromatic N) is 2. The van der Waals surface area contributed by atoms with Crippen molar-refractivity contribution in [3.63, 3.8) is 0 Å². The van der Waals surface area contributed by atoms with Crippen LogP contribution in [0.5, 0.6) is 5.75 Å². The van der Waals surface area contributed by atoms with E-state index in [2.05, 4.69) is 27.5 Å². The molecule has 0 aliphatic heterocycles. The number of methoxy groups -OCH3 is 1. The lowest BCUT2D eigenvalue weighted by molar-refractivity contribution is 0.411. The Morgan fingerprint density at radius 3 is 2.53 bits per heavy atom. The summed E-state index contributed by atoms with van der Waals surface area (Å²) in [5, 5.41) is 6.40. The van der Waals surface area contributed by atoms with Gasteiger partial charge in [0.2, 0.25) is 5.95 Å². The van der Waals surface area contributed by atoms with Gasteiger partial charge in [0.25, 0.3) is 0 Å². The van der Waals surface area contributed by atoms with Crippen molar-refractivity contribution in [2.24, 2.45) is 0 Å². The number of anilines is 1. The van der Waals surface area contributed by atoms with E-state index < -0.39 is 0 Å². The van der Waals surface area contributed by atoms with Crippen LogP contribution in [0.1, 0.15) is 13.3 Å². The van der Waals surface area contributed by atoms with Crippen LogP contribution in [0.4, 0.5) is 5.95 Å². The maximum absolute atomic E-state index is 4.96. The summed E-state index contributed by atoms with van der Waals surface area (Å²) >= 11 is 0. The fraction of sp³-hybridized carbons (Fsp3) is 0.600. The average molecular weight is 210 g/mol. The van der Waals surface area contributed by atoms with E-state index >= 15 is 0 Å². The fourth-order valence-electron chi connectivity index (χ4n) is 1.08. The molecule has 0 unspecified atom stereocenters. The molecule has 1 aromatic rings. The Balaban J connectivity index is 2.20. The van der Waals surface area contributed by atoms with E-state index in [1.165, 1.54) is 0 Å². The molecule has 0 aromatic carbocycles. The molecule has 0 fully saturated rings. The van der Waals surface area contributed by atoms with Gasteiger partial charge in [-0.1, -0.05) is 6.92 Å². The first-order valence-electron chi connectivity index (χ1n) is 5.17. The van der Waals surface area contributed by atoms with Gasteiger partial charge in [0, 0.05) is 13.1 Å². The topological polar surface area (TPSA) is 59.1 Å². The van der Waals surface area contributed by atoms with Crippen molar-refractivity contribution < 1.29 is 4.74 Å². The molecule has 0 saturated heterocycles. The van der Waals surface area contributed by atoms with Crippen LogP contribution in [-0.4, -0.2) is 36.7 Å². The molecule has 2 N–H and O–H groups in total. The molecular formula is C10H18N4O. The molecule has 0 saturated carbocycles. The summed E-state index contributed by atoms with van der Waals surface area (Å²) in [6, 6.07) is 0. The summed E-state index contributed by atoms with van der Waals surface area (Å²) in [5.74, 6) is 1.30. The lowest BCUT2D eigenvalue weighted by atomic mass is 10.5. The van der Waals surface area contributed by atoms with Crippen molar-refractivity contribution in [1.29, 1.82) is 0 Å². The monoisotopic (exact) mass is 210 g/mol. The molecule has 5 heteroatoms. The maximum Gasteiger partial charge on any atom is 0.222 e. The zero-order valence-corrected chi connectivity index (χ0v) is 9.29. The van der Waals surface area contributed by atoms with Crippen molar-refractivity contribution in [2.75, 3.05) is 32.1 Å². The molecule has 0 atom stereocenters. The van der Waals surface area contributed by atoms with E-state index in [-0.39, 0.29) is 0 Å². The predicted octanol–water partition coefficient (Wildman–Crippen LogP) is 0.897. The van der Waals surface area contributed by atoms with Crippen LogP contribution in [0.25, 0.3) is 0 Å². The van der Waals surface area contributed by atoms with Crippen LogP contribution in [0.2, 0.25) is 0 Å². The third kappa shape index (κ3) is 4.60. The van der Waals surface area contributed by atoms with Crippen molar-refractivity contribution >= 4 is 5.95 Å². The Bertz CT molecular complexity index is 263. The number of nitrogens with one attached hydrogen (secondary N) is 2. The van der Waals surface area contributed by atoms with Gasteiger partial charge < -0.3 is 15.4 Å². The third-order valence-corrected chi connectivity index (χ3v) is 1.88. The molecule has 0 radical (unpaired) electrons. The summed E-state index contributed by atoms with van der Waals surface area (Å²) in [7, 11) is 1.60. The molecule has 1 aromatic heterocycles. The fourth-order valence-corrected chi connectivity index (χ4v) is 1.08. The van der Waals surface area contributed by atoms with Gasteiger partial charge in [0.05, 0.1) is 19.5 Å². The van der Waals surface area contributed by atoms with Gasteiger partial charge in [0.15, 0.2) is 5.75 Å². The van der Waals surface area contributed by atoms with Crippen LogP contribution in [0.15, 0.2) is 12.4 Å². The zero-order valence-electron chi connectivity index (χ0n) is 9.29. The van der Waals surface area contributed by atoms with Gasteiger partial charge in [0.1, 0.15) is 0 Å². The van der Waals surface area contributed by atoms with Gasteiger partial charge in [-0.2, -0.15) is 0 Å². The van der Waals surface area contributed by atoms with Crippen LogP contribution in [0, 0.1) is 0 Å². The number of hydrogen-bond acceptors (Lipinski definition) is 5. The van der Waals surface area contributed by atoms with Crippen molar-refractivity contribution in [2.45, 2.75) is 13.3 Å². The third-order valence-electron chi connectivity index (χ3n) is 1.88. The second-order valence-electron chi connectivity index (χ2n) is 3.12. The van der Waals surface area contributed by atoms with E-state index in [1.807, 2.05) is 0 Å².